The second kappa shape index (κ2) is 7.51. The normalized spacial score (nSPS) is 11.7. The first-order chi connectivity index (χ1) is 9.02. The van der Waals surface area contributed by atoms with Crippen molar-refractivity contribution in [1.29, 1.82) is 0 Å². The van der Waals surface area contributed by atoms with Crippen LogP contribution in [0.1, 0.15) is 25.8 Å². The van der Waals surface area contributed by atoms with Crippen LogP contribution in [0.3, 0.4) is 0 Å². The van der Waals surface area contributed by atoms with E-state index in [-0.39, 0.29) is 24.8 Å². The summed E-state index contributed by atoms with van der Waals surface area (Å²) in [6.07, 6.45) is 0.747. The molecular formula is C14H18FNO3. The van der Waals surface area contributed by atoms with Crippen LogP contribution in [0.15, 0.2) is 24.3 Å². The van der Waals surface area contributed by atoms with Gasteiger partial charge in [-0.2, -0.15) is 0 Å². The highest BCUT2D eigenvalue weighted by Crippen LogP contribution is 2.05. The van der Waals surface area contributed by atoms with E-state index in [2.05, 4.69) is 5.32 Å². The molecular weight excluding hydrogens is 249 g/mol. The summed E-state index contributed by atoms with van der Waals surface area (Å²) in [6.45, 7) is 3.57. The Hall–Kier alpha value is -1.91. The lowest BCUT2D eigenvalue weighted by Gasteiger charge is -2.12. The Morgan fingerprint density at radius 1 is 1.32 bits per heavy atom. The first kappa shape index (κ1) is 15.1. The number of rotatable bonds is 6. The average molecular weight is 267 g/mol. The molecule has 0 spiro atoms. The van der Waals surface area contributed by atoms with E-state index < -0.39 is 12.0 Å². The number of carbonyl (C=O) groups is 2. The van der Waals surface area contributed by atoms with Gasteiger partial charge in [0.2, 0.25) is 5.91 Å². The molecule has 1 aromatic carbocycles. The predicted molar refractivity (Wildman–Crippen MR) is 69.0 cm³/mol. The van der Waals surface area contributed by atoms with Crippen molar-refractivity contribution in [3.05, 3.63) is 35.6 Å². The Morgan fingerprint density at radius 3 is 2.53 bits per heavy atom. The molecule has 4 nitrogen and oxygen atoms in total. The molecule has 1 atom stereocenters. The third-order valence-electron chi connectivity index (χ3n) is 2.57. The summed E-state index contributed by atoms with van der Waals surface area (Å²) < 4.78 is 17.5. The zero-order chi connectivity index (χ0) is 14.3. The highest BCUT2D eigenvalue weighted by Gasteiger charge is 2.16. The van der Waals surface area contributed by atoms with Gasteiger partial charge in [-0.15, -0.1) is 0 Å². The van der Waals surface area contributed by atoms with E-state index in [0.717, 1.165) is 5.56 Å². The van der Waals surface area contributed by atoms with E-state index in [1.54, 1.807) is 26.0 Å². The van der Waals surface area contributed by atoms with Gasteiger partial charge in [0, 0.05) is 6.42 Å². The molecule has 1 rings (SSSR count). The number of hydrogen-bond acceptors (Lipinski definition) is 3. The fraction of sp³-hybridized carbons (Fsp3) is 0.429. The Kier molecular flexibility index (Phi) is 5.99. The minimum absolute atomic E-state index is 0.232. The Balaban J connectivity index is 2.35. The van der Waals surface area contributed by atoms with Gasteiger partial charge in [-0.1, -0.05) is 12.1 Å². The number of halogens is 1. The van der Waals surface area contributed by atoms with Crippen LogP contribution in [0.5, 0.6) is 0 Å². The maximum absolute atomic E-state index is 12.7. The first-order valence-electron chi connectivity index (χ1n) is 6.23. The highest BCUT2D eigenvalue weighted by molar-refractivity contribution is 5.84. The van der Waals surface area contributed by atoms with Gasteiger partial charge < -0.3 is 10.1 Å². The van der Waals surface area contributed by atoms with Crippen molar-refractivity contribution in [3.8, 4) is 0 Å². The van der Waals surface area contributed by atoms with Crippen LogP contribution in [0.25, 0.3) is 0 Å². The standard InChI is InChI=1S/C14H18FNO3/c1-3-19-14(18)10(2)16-13(17)9-6-11-4-7-12(15)8-5-11/h4-5,7-8,10H,3,6,9H2,1-2H3,(H,16,17)/t10-/m1/s1. The lowest BCUT2D eigenvalue weighted by Crippen LogP contribution is -2.39. The van der Waals surface area contributed by atoms with Crippen molar-refractivity contribution in [1.82, 2.24) is 5.32 Å². The largest absolute Gasteiger partial charge is 0.464 e. The molecule has 1 amide bonds. The van der Waals surface area contributed by atoms with E-state index >= 15 is 0 Å². The molecule has 0 unspecified atom stereocenters. The molecule has 1 N–H and O–H groups in total. The molecule has 0 saturated carbocycles. The average Bonchev–Trinajstić information content (AvgIpc) is 2.38. The maximum Gasteiger partial charge on any atom is 0.328 e. The van der Waals surface area contributed by atoms with Crippen LogP contribution in [0, 0.1) is 5.82 Å². The molecule has 1 aromatic rings. The van der Waals surface area contributed by atoms with Crippen molar-refractivity contribution in [2.24, 2.45) is 0 Å². The van der Waals surface area contributed by atoms with Crippen molar-refractivity contribution in [2.75, 3.05) is 6.61 Å². The lowest BCUT2D eigenvalue weighted by molar-refractivity contribution is -0.146. The number of benzene rings is 1. The quantitative estimate of drug-likeness (QED) is 0.800. The fourth-order valence-electron chi connectivity index (χ4n) is 1.55. The van der Waals surface area contributed by atoms with E-state index in [9.17, 15) is 14.0 Å². The molecule has 0 aliphatic heterocycles. The third kappa shape index (κ3) is 5.50. The Labute approximate surface area is 112 Å². The van der Waals surface area contributed by atoms with Crippen LogP contribution in [0.4, 0.5) is 4.39 Å². The van der Waals surface area contributed by atoms with Crippen LogP contribution >= 0.6 is 0 Å². The molecule has 0 aromatic heterocycles. The maximum atomic E-state index is 12.7. The third-order valence-corrected chi connectivity index (χ3v) is 2.57. The summed E-state index contributed by atoms with van der Waals surface area (Å²) in [7, 11) is 0. The van der Waals surface area contributed by atoms with E-state index in [1.165, 1.54) is 12.1 Å². The molecule has 104 valence electrons. The zero-order valence-corrected chi connectivity index (χ0v) is 11.1. The number of amides is 1. The van der Waals surface area contributed by atoms with E-state index in [1.807, 2.05) is 0 Å². The summed E-state index contributed by atoms with van der Waals surface area (Å²) in [5.74, 6) is -0.980. The van der Waals surface area contributed by atoms with Crippen LogP contribution in [-0.4, -0.2) is 24.5 Å². The van der Waals surface area contributed by atoms with Gasteiger partial charge in [0.1, 0.15) is 11.9 Å². The highest BCUT2D eigenvalue weighted by atomic mass is 19.1. The topological polar surface area (TPSA) is 55.4 Å². The first-order valence-corrected chi connectivity index (χ1v) is 6.23. The number of esters is 1. The number of nitrogens with one attached hydrogen (secondary N) is 1. The molecule has 0 bridgehead atoms. The molecule has 0 fully saturated rings. The Bertz CT molecular complexity index is 431. The second-order valence-electron chi connectivity index (χ2n) is 4.17. The zero-order valence-electron chi connectivity index (χ0n) is 11.1. The van der Waals surface area contributed by atoms with Crippen LogP contribution < -0.4 is 5.32 Å². The lowest BCUT2D eigenvalue weighted by atomic mass is 10.1. The summed E-state index contributed by atoms with van der Waals surface area (Å²) >= 11 is 0. The minimum Gasteiger partial charge on any atom is -0.464 e. The molecule has 0 aliphatic carbocycles. The smallest absolute Gasteiger partial charge is 0.328 e. The molecule has 5 heteroatoms. The minimum atomic E-state index is -0.652. The van der Waals surface area contributed by atoms with Crippen molar-refractivity contribution >= 4 is 11.9 Å². The fourth-order valence-corrected chi connectivity index (χ4v) is 1.55. The summed E-state index contributed by atoms with van der Waals surface area (Å²) in [4.78, 5) is 22.9. The van der Waals surface area contributed by atoms with Gasteiger partial charge in [0.25, 0.3) is 0 Å². The van der Waals surface area contributed by atoms with Gasteiger partial charge in [-0.3, -0.25) is 4.79 Å². The van der Waals surface area contributed by atoms with E-state index in [0.29, 0.717) is 6.42 Å². The second-order valence-corrected chi connectivity index (χ2v) is 4.17. The van der Waals surface area contributed by atoms with Gasteiger partial charge in [0.15, 0.2) is 0 Å². The summed E-state index contributed by atoms with van der Waals surface area (Å²) in [6, 6.07) is 5.33. The monoisotopic (exact) mass is 267 g/mol. The number of ether oxygens (including phenoxy) is 1. The van der Waals surface area contributed by atoms with Crippen molar-refractivity contribution in [3.63, 3.8) is 0 Å². The Morgan fingerprint density at radius 2 is 1.95 bits per heavy atom. The predicted octanol–water partition coefficient (Wildman–Crippen LogP) is 1.83. The number of carbonyl (C=O) groups excluding carboxylic acids is 2. The van der Waals surface area contributed by atoms with Crippen LogP contribution in [0.2, 0.25) is 0 Å². The molecule has 0 radical (unpaired) electrons. The SMILES string of the molecule is CCOC(=O)[C@@H](C)NC(=O)CCc1ccc(F)cc1. The van der Waals surface area contributed by atoms with Gasteiger partial charge in [-0.05, 0) is 38.0 Å². The summed E-state index contributed by atoms with van der Waals surface area (Å²) in [5.41, 5.74) is 0.875. The van der Waals surface area contributed by atoms with Gasteiger partial charge in [0.05, 0.1) is 6.61 Å². The van der Waals surface area contributed by atoms with Crippen molar-refractivity contribution < 1.29 is 18.7 Å². The van der Waals surface area contributed by atoms with Gasteiger partial charge >= 0.3 is 5.97 Å². The summed E-state index contributed by atoms with van der Waals surface area (Å²) in [5, 5.41) is 2.56. The molecule has 0 aliphatic rings. The number of aryl methyl sites for hydroxylation is 1. The molecule has 0 heterocycles. The van der Waals surface area contributed by atoms with Crippen molar-refractivity contribution in [2.45, 2.75) is 32.7 Å². The number of hydrogen-bond donors (Lipinski definition) is 1. The molecule has 0 saturated heterocycles. The van der Waals surface area contributed by atoms with Crippen LogP contribution in [-0.2, 0) is 20.7 Å². The molecule has 19 heavy (non-hydrogen) atoms. The van der Waals surface area contributed by atoms with E-state index in [4.69, 9.17) is 4.74 Å². The van der Waals surface area contributed by atoms with Gasteiger partial charge in [-0.25, -0.2) is 9.18 Å².